The molecule has 0 radical (unpaired) electrons. The van der Waals surface area contributed by atoms with Crippen LogP contribution in [-0.2, 0) is 9.59 Å². The molecular formula is C5H8FNO3. The summed E-state index contributed by atoms with van der Waals surface area (Å²) >= 11 is 0. The SMILES string of the molecule is CC(=O)NCC(F)C(=O)O. The van der Waals surface area contributed by atoms with Gasteiger partial charge in [-0.05, 0) is 0 Å². The molecule has 1 atom stereocenters. The van der Waals surface area contributed by atoms with E-state index in [-0.39, 0.29) is 0 Å². The van der Waals surface area contributed by atoms with Crippen LogP contribution in [0.2, 0.25) is 0 Å². The molecule has 0 aliphatic carbocycles. The van der Waals surface area contributed by atoms with E-state index >= 15 is 0 Å². The van der Waals surface area contributed by atoms with Crippen molar-refractivity contribution in [2.75, 3.05) is 6.54 Å². The Labute approximate surface area is 57.0 Å². The average molecular weight is 149 g/mol. The number of rotatable bonds is 3. The molecule has 0 bridgehead atoms. The van der Waals surface area contributed by atoms with Crippen molar-refractivity contribution in [3.8, 4) is 0 Å². The second-order valence-electron chi connectivity index (χ2n) is 1.74. The number of carbonyl (C=O) groups excluding carboxylic acids is 1. The Morgan fingerprint density at radius 2 is 2.20 bits per heavy atom. The van der Waals surface area contributed by atoms with Gasteiger partial charge in [-0.3, -0.25) is 4.79 Å². The molecule has 1 unspecified atom stereocenters. The van der Waals surface area contributed by atoms with Crippen LogP contribution < -0.4 is 5.32 Å². The molecule has 0 saturated heterocycles. The van der Waals surface area contributed by atoms with E-state index in [4.69, 9.17) is 5.11 Å². The maximum atomic E-state index is 12.1. The van der Waals surface area contributed by atoms with E-state index in [1.807, 2.05) is 5.32 Å². The largest absolute Gasteiger partial charge is 0.479 e. The van der Waals surface area contributed by atoms with Crippen molar-refractivity contribution >= 4 is 11.9 Å². The van der Waals surface area contributed by atoms with Crippen LogP contribution >= 0.6 is 0 Å². The first kappa shape index (κ1) is 8.87. The molecule has 10 heavy (non-hydrogen) atoms. The Bertz CT molecular complexity index is 148. The fourth-order valence-electron chi connectivity index (χ4n) is 0.321. The summed E-state index contributed by atoms with van der Waals surface area (Å²) in [6.07, 6.45) is -2.01. The van der Waals surface area contributed by atoms with Gasteiger partial charge in [0.2, 0.25) is 12.1 Å². The van der Waals surface area contributed by atoms with Crippen LogP contribution in [0, 0.1) is 0 Å². The molecule has 58 valence electrons. The molecule has 0 fully saturated rings. The number of alkyl halides is 1. The maximum Gasteiger partial charge on any atom is 0.340 e. The van der Waals surface area contributed by atoms with Gasteiger partial charge in [-0.2, -0.15) is 0 Å². The Hall–Kier alpha value is -1.13. The van der Waals surface area contributed by atoms with Crippen molar-refractivity contribution in [2.45, 2.75) is 13.1 Å². The van der Waals surface area contributed by atoms with Crippen LogP contribution in [0.5, 0.6) is 0 Å². The molecule has 0 aromatic carbocycles. The number of carboxylic acids is 1. The third-order valence-electron chi connectivity index (χ3n) is 0.798. The normalized spacial score (nSPS) is 12.2. The predicted molar refractivity (Wildman–Crippen MR) is 31.2 cm³/mol. The third-order valence-corrected chi connectivity index (χ3v) is 0.798. The molecule has 0 heterocycles. The Morgan fingerprint density at radius 1 is 1.70 bits per heavy atom. The highest BCUT2D eigenvalue weighted by Crippen LogP contribution is 1.86. The second-order valence-corrected chi connectivity index (χ2v) is 1.74. The van der Waals surface area contributed by atoms with Crippen LogP contribution in [0.1, 0.15) is 6.92 Å². The standard InChI is InChI=1S/C5H8FNO3/c1-3(8)7-2-4(6)5(9)10/h4H,2H2,1H3,(H,7,8)(H,9,10). The second kappa shape index (κ2) is 3.81. The minimum Gasteiger partial charge on any atom is -0.479 e. The number of hydrogen-bond donors (Lipinski definition) is 2. The lowest BCUT2D eigenvalue weighted by molar-refractivity contribution is -0.142. The van der Waals surface area contributed by atoms with Gasteiger partial charge in [0, 0.05) is 6.92 Å². The van der Waals surface area contributed by atoms with Gasteiger partial charge in [0.1, 0.15) is 0 Å². The summed E-state index contributed by atoms with van der Waals surface area (Å²) < 4.78 is 12.1. The van der Waals surface area contributed by atoms with Crippen molar-refractivity contribution < 1.29 is 19.1 Å². The summed E-state index contributed by atoms with van der Waals surface area (Å²) in [6.45, 7) is 0.721. The molecule has 0 aliphatic rings. The van der Waals surface area contributed by atoms with Crippen LogP contribution in [0.15, 0.2) is 0 Å². The van der Waals surface area contributed by atoms with Gasteiger partial charge in [-0.15, -0.1) is 0 Å². The van der Waals surface area contributed by atoms with Crippen LogP contribution in [0.3, 0.4) is 0 Å². The van der Waals surface area contributed by atoms with Crippen molar-refractivity contribution in [1.29, 1.82) is 0 Å². The maximum absolute atomic E-state index is 12.1. The summed E-state index contributed by atoms with van der Waals surface area (Å²) in [4.78, 5) is 19.9. The van der Waals surface area contributed by atoms with E-state index in [0.717, 1.165) is 0 Å². The van der Waals surface area contributed by atoms with E-state index in [0.29, 0.717) is 0 Å². The van der Waals surface area contributed by atoms with E-state index in [1.54, 1.807) is 0 Å². The first-order valence-corrected chi connectivity index (χ1v) is 2.65. The molecule has 0 spiro atoms. The zero-order chi connectivity index (χ0) is 8.15. The van der Waals surface area contributed by atoms with E-state index in [2.05, 4.69) is 0 Å². The van der Waals surface area contributed by atoms with Crippen LogP contribution in [0.4, 0.5) is 4.39 Å². The van der Waals surface area contributed by atoms with Gasteiger partial charge in [0.05, 0.1) is 6.54 Å². The van der Waals surface area contributed by atoms with Crippen molar-refractivity contribution in [3.05, 3.63) is 0 Å². The monoisotopic (exact) mass is 149 g/mol. The minimum absolute atomic E-state index is 0.441. The lowest BCUT2D eigenvalue weighted by Crippen LogP contribution is -2.32. The molecule has 5 heteroatoms. The summed E-state index contributed by atoms with van der Waals surface area (Å²) in [6, 6.07) is 0. The highest BCUT2D eigenvalue weighted by Gasteiger charge is 2.14. The Morgan fingerprint density at radius 3 is 2.50 bits per heavy atom. The quantitative estimate of drug-likeness (QED) is 0.570. The van der Waals surface area contributed by atoms with E-state index < -0.39 is 24.6 Å². The van der Waals surface area contributed by atoms with E-state index in [9.17, 15) is 14.0 Å². The highest BCUT2D eigenvalue weighted by molar-refractivity contribution is 5.76. The Kier molecular flexibility index (Phi) is 3.38. The van der Waals surface area contributed by atoms with Gasteiger partial charge in [-0.1, -0.05) is 0 Å². The molecule has 1 amide bonds. The molecule has 2 N–H and O–H groups in total. The topological polar surface area (TPSA) is 66.4 Å². The smallest absolute Gasteiger partial charge is 0.340 e. The third kappa shape index (κ3) is 3.82. The molecular weight excluding hydrogens is 141 g/mol. The number of carbonyl (C=O) groups is 2. The van der Waals surface area contributed by atoms with Crippen molar-refractivity contribution in [1.82, 2.24) is 5.32 Å². The predicted octanol–water partition coefficient (Wildman–Crippen LogP) is -0.455. The number of carboxylic acid groups (broad SMARTS) is 1. The van der Waals surface area contributed by atoms with Gasteiger partial charge in [0.25, 0.3) is 0 Å². The Balaban J connectivity index is 3.49. The fourth-order valence-corrected chi connectivity index (χ4v) is 0.321. The van der Waals surface area contributed by atoms with Gasteiger partial charge >= 0.3 is 5.97 Å². The summed E-state index contributed by atoms with van der Waals surface area (Å²) in [5.41, 5.74) is 0. The first-order chi connectivity index (χ1) is 4.54. The molecule has 0 aliphatic heterocycles. The number of halogens is 1. The zero-order valence-electron chi connectivity index (χ0n) is 5.43. The van der Waals surface area contributed by atoms with Gasteiger partial charge in [0.15, 0.2) is 0 Å². The lowest BCUT2D eigenvalue weighted by atomic mass is 10.4. The van der Waals surface area contributed by atoms with Crippen molar-refractivity contribution in [2.24, 2.45) is 0 Å². The van der Waals surface area contributed by atoms with Crippen LogP contribution in [0.25, 0.3) is 0 Å². The molecule has 0 saturated carbocycles. The lowest BCUT2D eigenvalue weighted by Gasteiger charge is -2.01. The zero-order valence-corrected chi connectivity index (χ0v) is 5.43. The summed E-state index contributed by atoms with van der Waals surface area (Å²) in [5, 5.41) is 10.0. The highest BCUT2D eigenvalue weighted by atomic mass is 19.1. The first-order valence-electron chi connectivity index (χ1n) is 2.65. The number of hydrogen-bond acceptors (Lipinski definition) is 2. The van der Waals surface area contributed by atoms with Crippen molar-refractivity contribution in [3.63, 3.8) is 0 Å². The fraction of sp³-hybridized carbons (Fsp3) is 0.600. The average Bonchev–Trinajstić information content (AvgIpc) is 1.82. The number of nitrogens with one attached hydrogen (secondary N) is 1. The number of amides is 1. The van der Waals surface area contributed by atoms with Gasteiger partial charge in [-0.25, -0.2) is 9.18 Å². The summed E-state index contributed by atoms with van der Waals surface area (Å²) in [5.74, 6) is -2.00. The van der Waals surface area contributed by atoms with Gasteiger partial charge < -0.3 is 10.4 Å². The minimum atomic E-state index is -2.01. The molecule has 0 rings (SSSR count). The number of aliphatic carboxylic acids is 1. The van der Waals surface area contributed by atoms with E-state index in [1.165, 1.54) is 6.92 Å². The molecule has 4 nitrogen and oxygen atoms in total. The molecule has 0 aromatic heterocycles. The molecule has 0 aromatic rings. The summed E-state index contributed by atoms with van der Waals surface area (Å²) in [7, 11) is 0. The van der Waals surface area contributed by atoms with Crippen LogP contribution in [-0.4, -0.2) is 29.7 Å².